The Bertz CT molecular complexity index is 2320. The van der Waals surface area contributed by atoms with Crippen LogP contribution in [0.5, 0.6) is 5.75 Å². The van der Waals surface area contributed by atoms with Gasteiger partial charge in [-0.05, 0) is 143 Å². The number of methoxy groups -OCH3 is 1. The van der Waals surface area contributed by atoms with Crippen molar-refractivity contribution in [3.05, 3.63) is 71.3 Å². The van der Waals surface area contributed by atoms with E-state index in [0.29, 0.717) is 37.4 Å². The molecule has 2 saturated heterocycles. The highest BCUT2D eigenvalue weighted by atomic mass is 32.2. The molecular formula is C44H56FN3O9P2S. The fourth-order valence-corrected chi connectivity index (χ4v) is 11.5. The smallest absolute Gasteiger partial charge is 0.415 e. The van der Waals surface area contributed by atoms with Crippen LogP contribution in [0.2, 0.25) is 0 Å². The van der Waals surface area contributed by atoms with Gasteiger partial charge in [-0.1, -0.05) is 33.5 Å². The number of halogens is 1. The first kappa shape index (κ1) is 44.4. The van der Waals surface area contributed by atoms with Crippen molar-refractivity contribution in [1.29, 1.82) is 0 Å². The third kappa shape index (κ3) is 8.08. The van der Waals surface area contributed by atoms with Crippen LogP contribution < -0.4 is 15.4 Å². The zero-order chi connectivity index (χ0) is 43.7. The molecule has 1 N–H and O–H groups in total. The van der Waals surface area contributed by atoms with Gasteiger partial charge in [0.05, 0.1) is 42.2 Å². The van der Waals surface area contributed by atoms with Crippen LogP contribution in [-0.4, -0.2) is 91.3 Å². The number of sulfone groups is 1. The van der Waals surface area contributed by atoms with Gasteiger partial charge in [0.2, 0.25) is 20.5 Å². The molecule has 4 aliphatic rings. The summed E-state index contributed by atoms with van der Waals surface area (Å²) < 4.78 is 61.0. The average Bonchev–Trinajstić information content (AvgIpc) is 3.80. The number of cyclic esters (lactones) is 1. The maximum atomic E-state index is 14.6. The number of aryl methyl sites for hydroxylation is 2. The Morgan fingerprint density at radius 2 is 1.73 bits per heavy atom. The van der Waals surface area contributed by atoms with E-state index >= 15 is 0 Å². The third-order valence-corrected chi connectivity index (χ3v) is 16.2. The lowest BCUT2D eigenvalue weighted by Crippen LogP contribution is -2.75. The maximum absolute atomic E-state index is 14.6. The van der Waals surface area contributed by atoms with Gasteiger partial charge >= 0.3 is 6.09 Å². The van der Waals surface area contributed by atoms with Gasteiger partial charge in [-0.3, -0.25) is 14.5 Å². The fourth-order valence-electron chi connectivity index (χ4n) is 9.74. The van der Waals surface area contributed by atoms with Gasteiger partial charge in [0, 0.05) is 18.8 Å². The topological polar surface area (TPSA) is 141 Å². The Kier molecular flexibility index (Phi) is 11.8. The monoisotopic (exact) mass is 883 g/mol. The van der Waals surface area contributed by atoms with E-state index in [1.54, 1.807) is 32.2 Å². The van der Waals surface area contributed by atoms with Crippen molar-refractivity contribution in [2.45, 2.75) is 106 Å². The largest absolute Gasteiger partial charge is 0.496 e. The normalized spacial score (nSPS) is 24.9. The molecular weight excluding hydrogens is 828 g/mol. The molecule has 324 valence electrons. The summed E-state index contributed by atoms with van der Waals surface area (Å²) in [6, 6.07) is 15.1. The molecule has 3 aromatic carbocycles. The number of rotatable bonds is 12. The number of benzene rings is 3. The summed E-state index contributed by atoms with van der Waals surface area (Å²) in [5.74, 6) is -1.34. The Morgan fingerprint density at radius 3 is 2.35 bits per heavy atom. The number of hydrogen-bond donors (Lipinski definition) is 1. The van der Waals surface area contributed by atoms with Gasteiger partial charge in [0.15, 0.2) is 11.5 Å². The summed E-state index contributed by atoms with van der Waals surface area (Å²) in [4.78, 5) is 44.6. The molecule has 2 aliphatic carbocycles. The Labute approximate surface area is 356 Å². The number of amides is 3. The van der Waals surface area contributed by atoms with Crippen molar-refractivity contribution >= 4 is 57.2 Å². The minimum Gasteiger partial charge on any atom is -0.496 e. The molecule has 0 spiro atoms. The van der Waals surface area contributed by atoms with E-state index < -0.39 is 43.6 Å². The van der Waals surface area contributed by atoms with Crippen molar-refractivity contribution in [1.82, 2.24) is 9.80 Å². The quantitative estimate of drug-likeness (QED) is 0.187. The highest BCUT2D eigenvalue weighted by Crippen LogP contribution is 2.51. The zero-order valence-corrected chi connectivity index (χ0v) is 38.6. The molecule has 3 amide bonds. The summed E-state index contributed by atoms with van der Waals surface area (Å²) in [5, 5.41) is 3.72. The van der Waals surface area contributed by atoms with E-state index in [1.165, 1.54) is 25.3 Å². The van der Waals surface area contributed by atoms with Crippen LogP contribution in [0.4, 0.5) is 14.9 Å². The van der Waals surface area contributed by atoms with Crippen LogP contribution in [0.3, 0.4) is 0 Å². The molecule has 0 radical (unpaired) electrons. The van der Waals surface area contributed by atoms with Crippen LogP contribution in [0.1, 0.15) is 81.8 Å². The molecule has 60 heavy (non-hydrogen) atoms. The van der Waals surface area contributed by atoms with Crippen molar-refractivity contribution in [3.8, 4) is 16.9 Å². The standard InChI is InChI=1S/C44H56FN3O9P2S/c1-25-18-27(13-12-26(25)16-17-44(23-55-42(4,5)56-24-44)48-40(51)57-41(48,2)3)32-21-33(34(54-8)22-35(32)58)39(50)47(7)37-29-15-14-28(19-29)36(37)38(49)46-30-10-9-11-31(20-30)60(52,53)43(6,45)59/h9-13,18,20-22,28-29,36-37H,14-17,19,23-24,58-59H2,1-8H3,(H,46,49)/t28-,29-,36-,37+,43?/m0/s1. The molecule has 3 unspecified atom stereocenters. The van der Waals surface area contributed by atoms with Crippen LogP contribution >= 0.6 is 18.5 Å². The minimum atomic E-state index is -4.33. The highest BCUT2D eigenvalue weighted by Gasteiger charge is 2.59. The fraction of sp³-hybridized carbons (Fsp3) is 0.523. The second-order valence-corrected chi connectivity index (χ2v) is 22.3. The second-order valence-electron chi connectivity index (χ2n) is 17.9. The molecule has 0 aromatic heterocycles. The summed E-state index contributed by atoms with van der Waals surface area (Å²) in [5.41, 5.74) is 2.99. The van der Waals surface area contributed by atoms with E-state index in [2.05, 4.69) is 26.7 Å². The number of nitrogens with zero attached hydrogens (tertiary/aromatic N) is 2. The number of ether oxygens (including phenoxy) is 4. The van der Waals surface area contributed by atoms with Crippen LogP contribution in [-0.2, 0) is 35.3 Å². The number of nitrogens with one attached hydrogen (secondary N) is 1. The van der Waals surface area contributed by atoms with E-state index in [9.17, 15) is 27.2 Å². The third-order valence-electron chi connectivity index (χ3n) is 12.9. The number of carbonyl (C=O) groups excluding carboxylic acids is 3. The first-order valence-electron chi connectivity index (χ1n) is 20.3. The van der Waals surface area contributed by atoms with Gasteiger partial charge in [0.25, 0.3) is 5.91 Å². The predicted molar refractivity (Wildman–Crippen MR) is 234 cm³/mol. The van der Waals surface area contributed by atoms with Gasteiger partial charge in [0.1, 0.15) is 5.75 Å². The van der Waals surface area contributed by atoms with Gasteiger partial charge < -0.3 is 29.2 Å². The molecule has 7 atom stereocenters. The number of alkyl halides is 1. The van der Waals surface area contributed by atoms with Crippen molar-refractivity contribution in [2.75, 3.05) is 32.7 Å². The first-order chi connectivity index (χ1) is 28.0. The summed E-state index contributed by atoms with van der Waals surface area (Å²) in [7, 11) is 3.38. The molecule has 2 aliphatic heterocycles. The molecule has 4 fully saturated rings. The summed E-state index contributed by atoms with van der Waals surface area (Å²) >= 11 is 0. The maximum Gasteiger partial charge on any atom is 0.415 e. The lowest BCUT2D eigenvalue weighted by atomic mass is 9.82. The molecule has 7 rings (SSSR count). The van der Waals surface area contributed by atoms with Crippen LogP contribution in [0, 0.1) is 24.7 Å². The lowest BCUT2D eigenvalue weighted by Gasteiger charge is -2.58. The highest BCUT2D eigenvalue weighted by molar-refractivity contribution is 7.96. The molecule has 3 aromatic rings. The van der Waals surface area contributed by atoms with E-state index in [1.807, 2.05) is 52.8 Å². The predicted octanol–water partition coefficient (Wildman–Crippen LogP) is 7.23. The molecule has 2 saturated carbocycles. The lowest BCUT2D eigenvalue weighted by molar-refractivity contribution is -0.317. The van der Waals surface area contributed by atoms with Crippen molar-refractivity contribution in [2.24, 2.45) is 17.8 Å². The number of carbonyl (C=O) groups is 3. The van der Waals surface area contributed by atoms with Gasteiger partial charge in [-0.15, -0.1) is 9.24 Å². The van der Waals surface area contributed by atoms with E-state index in [0.717, 1.165) is 53.7 Å². The van der Waals surface area contributed by atoms with E-state index in [4.69, 9.17) is 18.9 Å². The molecule has 16 heteroatoms. The second kappa shape index (κ2) is 15.9. The Hall–Kier alpha value is -3.67. The zero-order valence-electron chi connectivity index (χ0n) is 35.5. The number of anilines is 1. The van der Waals surface area contributed by atoms with Crippen LogP contribution in [0.15, 0.2) is 59.5 Å². The minimum absolute atomic E-state index is 0.0443. The van der Waals surface area contributed by atoms with Crippen molar-refractivity contribution < 1.29 is 46.1 Å². The summed E-state index contributed by atoms with van der Waals surface area (Å²) in [6.45, 7) is 11.1. The summed E-state index contributed by atoms with van der Waals surface area (Å²) in [6.07, 6.45) is 3.38. The molecule has 2 bridgehead atoms. The van der Waals surface area contributed by atoms with Gasteiger partial charge in [-0.25, -0.2) is 17.6 Å². The first-order valence-corrected chi connectivity index (χ1v) is 22.9. The Morgan fingerprint density at radius 1 is 1.05 bits per heavy atom. The number of fused-ring (bicyclic) bond motifs is 2. The SMILES string of the molecule is COc1cc(P)c(-c2ccc(CCC3(N4C(=O)OC4(C)C)COC(C)(C)OC3)c(C)c2)cc1C(=O)N(C)[C@@H]1[C@H]2CC[C@@H](C2)[C@@H]1C(=O)Nc1cccc(S(=O)(=O)C(C)(F)P)c1. The van der Waals surface area contributed by atoms with Crippen LogP contribution in [0.25, 0.3) is 11.1 Å². The van der Waals surface area contributed by atoms with Gasteiger partial charge in [-0.2, -0.15) is 0 Å². The number of hydrogen-bond acceptors (Lipinski definition) is 9. The van der Waals surface area contributed by atoms with Crippen molar-refractivity contribution in [3.63, 3.8) is 0 Å². The van der Waals surface area contributed by atoms with E-state index in [-0.39, 0.29) is 40.3 Å². The Balaban J connectivity index is 1.11. The molecule has 2 heterocycles. The molecule has 12 nitrogen and oxygen atoms in total. The average molecular weight is 884 g/mol.